The van der Waals surface area contributed by atoms with Crippen molar-refractivity contribution in [3.8, 4) is 0 Å². The van der Waals surface area contributed by atoms with Crippen LogP contribution in [0.5, 0.6) is 0 Å². The van der Waals surface area contributed by atoms with E-state index in [9.17, 15) is 4.79 Å². The third kappa shape index (κ3) is 4.56. The molecule has 0 aromatic carbocycles. The molecule has 1 aliphatic rings. The van der Waals surface area contributed by atoms with Crippen LogP contribution in [0.4, 0.5) is 0 Å². The molecule has 1 aliphatic carbocycles. The topological polar surface area (TPSA) is 71.2 Å². The molecule has 0 bridgehead atoms. The van der Waals surface area contributed by atoms with E-state index in [1.807, 2.05) is 14.0 Å². The second-order valence-electron chi connectivity index (χ2n) is 5.21. The van der Waals surface area contributed by atoms with Crippen LogP contribution in [0.2, 0.25) is 0 Å². The quantitative estimate of drug-likeness (QED) is 0.779. The van der Waals surface area contributed by atoms with Gasteiger partial charge in [0, 0.05) is 37.0 Å². The number of rotatable bonds is 7. The summed E-state index contributed by atoms with van der Waals surface area (Å²) < 4.78 is 0. The summed E-state index contributed by atoms with van der Waals surface area (Å²) in [5, 5.41) is 6.13. The normalized spacial score (nSPS) is 16.6. The van der Waals surface area contributed by atoms with Crippen LogP contribution in [-0.2, 0) is 11.3 Å². The number of nitrogens with one attached hydrogen (secondary N) is 1. The van der Waals surface area contributed by atoms with Gasteiger partial charge in [-0.25, -0.2) is 4.98 Å². The van der Waals surface area contributed by atoms with Crippen molar-refractivity contribution < 1.29 is 4.79 Å². The number of amides is 1. The number of aromatic nitrogens is 1. The van der Waals surface area contributed by atoms with Gasteiger partial charge in [0.1, 0.15) is 0 Å². The molecule has 0 saturated heterocycles. The van der Waals surface area contributed by atoms with Crippen molar-refractivity contribution in [3.63, 3.8) is 0 Å². The minimum absolute atomic E-state index is 0.0701. The summed E-state index contributed by atoms with van der Waals surface area (Å²) >= 11 is 1.65. The average molecular weight is 282 g/mol. The molecule has 1 amide bonds. The molecule has 6 heteroatoms. The van der Waals surface area contributed by atoms with Crippen LogP contribution in [0.3, 0.4) is 0 Å². The lowest BCUT2D eigenvalue weighted by molar-refractivity contribution is -0.122. The Bertz CT molecular complexity index is 430. The Morgan fingerprint density at radius 1 is 1.68 bits per heavy atom. The highest BCUT2D eigenvalue weighted by atomic mass is 32.1. The highest BCUT2D eigenvalue weighted by Gasteiger charge is 2.25. The monoisotopic (exact) mass is 282 g/mol. The first-order valence-electron chi connectivity index (χ1n) is 6.69. The van der Waals surface area contributed by atoms with Gasteiger partial charge in [0.05, 0.1) is 10.7 Å². The molecule has 5 nitrogen and oxygen atoms in total. The van der Waals surface area contributed by atoms with Crippen LogP contribution in [0.25, 0.3) is 0 Å². The number of aryl methyl sites for hydroxylation is 1. The summed E-state index contributed by atoms with van der Waals surface area (Å²) in [6.45, 7) is 3.22. The van der Waals surface area contributed by atoms with E-state index in [-0.39, 0.29) is 11.9 Å². The fourth-order valence-electron chi connectivity index (χ4n) is 2.01. The maximum atomic E-state index is 11.8. The van der Waals surface area contributed by atoms with Crippen LogP contribution in [0.1, 0.15) is 30.0 Å². The largest absolute Gasteiger partial charge is 0.353 e. The fraction of sp³-hybridized carbons (Fsp3) is 0.692. The highest BCUT2D eigenvalue weighted by Crippen LogP contribution is 2.19. The Balaban J connectivity index is 1.83. The van der Waals surface area contributed by atoms with Gasteiger partial charge < -0.3 is 11.1 Å². The summed E-state index contributed by atoms with van der Waals surface area (Å²) in [6, 6.07) is 0.484. The van der Waals surface area contributed by atoms with Gasteiger partial charge in [-0.05, 0) is 26.8 Å². The minimum Gasteiger partial charge on any atom is -0.353 e. The number of hydrogen-bond acceptors (Lipinski definition) is 5. The minimum atomic E-state index is 0.0701. The first-order chi connectivity index (χ1) is 9.08. The summed E-state index contributed by atoms with van der Waals surface area (Å²) in [5.74, 6) is 0.110. The lowest BCUT2D eigenvalue weighted by Crippen LogP contribution is -2.42. The second kappa shape index (κ2) is 6.45. The zero-order chi connectivity index (χ0) is 13.8. The van der Waals surface area contributed by atoms with E-state index < -0.39 is 0 Å². The van der Waals surface area contributed by atoms with Crippen molar-refractivity contribution in [3.05, 3.63) is 16.1 Å². The molecule has 106 valence electrons. The Labute approximate surface area is 118 Å². The molecular weight excluding hydrogens is 260 g/mol. The van der Waals surface area contributed by atoms with Gasteiger partial charge in [0.25, 0.3) is 0 Å². The molecule has 3 N–H and O–H groups in total. The van der Waals surface area contributed by atoms with Crippen molar-refractivity contribution in [2.75, 3.05) is 13.6 Å². The Kier molecular flexibility index (Phi) is 4.90. The third-order valence-corrected chi connectivity index (χ3v) is 4.16. The molecule has 1 unspecified atom stereocenters. The zero-order valence-electron chi connectivity index (χ0n) is 11.6. The number of nitrogens with two attached hydrogens (primary N) is 1. The second-order valence-corrected chi connectivity index (χ2v) is 6.27. The van der Waals surface area contributed by atoms with E-state index in [1.165, 1.54) is 0 Å². The number of likely N-dealkylation sites (N-methyl/N-ethyl adjacent to an activating group) is 1. The van der Waals surface area contributed by atoms with Crippen molar-refractivity contribution in [2.45, 2.75) is 44.8 Å². The third-order valence-electron chi connectivity index (χ3n) is 3.34. The molecular formula is C13H22N4OS. The Morgan fingerprint density at radius 2 is 2.42 bits per heavy atom. The molecule has 19 heavy (non-hydrogen) atoms. The molecule has 1 aromatic rings. The SMILES string of the molecule is Cc1nc(CN(C)C(CN)CC(=O)NC2CC2)cs1. The maximum absolute atomic E-state index is 11.8. The van der Waals surface area contributed by atoms with Gasteiger partial charge in [0.15, 0.2) is 0 Å². The number of nitrogens with zero attached hydrogens (tertiary/aromatic N) is 2. The summed E-state index contributed by atoms with van der Waals surface area (Å²) in [6.07, 6.45) is 2.70. The zero-order valence-corrected chi connectivity index (χ0v) is 12.4. The van der Waals surface area contributed by atoms with Gasteiger partial charge >= 0.3 is 0 Å². The molecule has 1 saturated carbocycles. The number of carbonyl (C=O) groups is 1. The van der Waals surface area contributed by atoms with Crippen molar-refractivity contribution in [1.29, 1.82) is 0 Å². The van der Waals surface area contributed by atoms with Crippen LogP contribution in [0.15, 0.2) is 5.38 Å². The first-order valence-corrected chi connectivity index (χ1v) is 7.57. The lowest BCUT2D eigenvalue weighted by atomic mass is 10.1. The van der Waals surface area contributed by atoms with E-state index >= 15 is 0 Å². The number of thiazole rings is 1. The number of carbonyl (C=O) groups excluding carboxylic acids is 1. The van der Waals surface area contributed by atoms with Crippen molar-refractivity contribution in [2.24, 2.45) is 5.73 Å². The van der Waals surface area contributed by atoms with E-state index in [0.717, 1.165) is 30.1 Å². The number of hydrogen-bond donors (Lipinski definition) is 2. The molecule has 0 radical (unpaired) electrons. The van der Waals surface area contributed by atoms with Gasteiger partial charge in [-0.3, -0.25) is 9.69 Å². The van der Waals surface area contributed by atoms with Crippen molar-refractivity contribution in [1.82, 2.24) is 15.2 Å². The molecule has 0 aliphatic heterocycles. The van der Waals surface area contributed by atoms with E-state index in [4.69, 9.17) is 5.73 Å². The van der Waals surface area contributed by atoms with Gasteiger partial charge in [-0.15, -0.1) is 11.3 Å². The maximum Gasteiger partial charge on any atom is 0.221 e. The first kappa shape index (κ1) is 14.4. The summed E-state index contributed by atoms with van der Waals surface area (Å²) in [5.41, 5.74) is 6.84. The van der Waals surface area contributed by atoms with Crippen LogP contribution in [0, 0.1) is 6.92 Å². The lowest BCUT2D eigenvalue weighted by Gasteiger charge is -2.25. The molecule has 1 aromatic heterocycles. The van der Waals surface area contributed by atoms with Crippen molar-refractivity contribution >= 4 is 17.2 Å². The van der Waals surface area contributed by atoms with E-state index in [0.29, 0.717) is 19.0 Å². The predicted molar refractivity (Wildman–Crippen MR) is 76.9 cm³/mol. The summed E-state index contributed by atoms with van der Waals surface area (Å²) in [4.78, 5) is 18.4. The van der Waals surface area contributed by atoms with Gasteiger partial charge in [-0.1, -0.05) is 0 Å². The molecule has 1 heterocycles. The Morgan fingerprint density at radius 3 is 2.95 bits per heavy atom. The van der Waals surface area contributed by atoms with E-state index in [2.05, 4.69) is 20.6 Å². The van der Waals surface area contributed by atoms with Gasteiger partial charge in [0.2, 0.25) is 5.91 Å². The molecule has 1 atom stereocenters. The van der Waals surface area contributed by atoms with Crippen LogP contribution in [-0.4, -0.2) is 41.5 Å². The Hall–Kier alpha value is -0.980. The fourth-order valence-corrected chi connectivity index (χ4v) is 2.62. The summed E-state index contributed by atoms with van der Waals surface area (Å²) in [7, 11) is 2.00. The molecule has 0 spiro atoms. The van der Waals surface area contributed by atoms with E-state index in [1.54, 1.807) is 11.3 Å². The van der Waals surface area contributed by atoms with Crippen LogP contribution >= 0.6 is 11.3 Å². The highest BCUT2D eigenvalue weighted by molar-refractivity contribution is 7.09. The van der Waals surface area contributed by atoms with Crippen LogP contribution < -0.4 is 11.1 Å². The standard InChI is InChI=1S/C13H22N4OS/c1-9-15-11(8-19-9)7-17(2)12(6-14)5-13(18)16-10-3-4-10/h8,10,12H,3-7,14H2,1-2H3,(H,16,18). The smallest absolute Gasteiger partial charge is 0.221 e. The average Bonchev–Trinajstić information content (AvgIpc) is 3.08. The molecule has 2 rings (SSSR count). The molecule has 1 fully saturated rings. The van der Waals surface area contributed by atoms with Gasteiger partial charge in [-0.2, -0.15) is 0 Å². The predicted octanol–water partition coefficient (Wildman–Crippen LogP) is 0.879.